The molecule has 0 aromatic heterocycles. The van der Waals surface area contributed by atoms with Gasteiger partial charge in [-0.15, -0.1) is 24.0 Å². The molecular weight excluding hydrogens is 491 g/mol. The number of hydrogen-bond donors (Lipinski definition) is 2. The number of nitrogens with one attached hydrogen (secondary N) is 2. The van der Waals surface area contributed by atoms with E-state index in [2.05, 4.69) is 64.8 Å². The summed E-state index contributed by atoms with van der Waals surface area (Å²) in [6.45, 7) is 4.74. The first-order chi connectivity index (χ1) is 14.1. The molecule has 0 aliphatic heterocycles. The number of ether oxygens (including phenoxy) is 2. The van der Waals surface area contributed by atoms with Crippen molar-refractivity contribution in [1.29, 1.82) is 0 Å². The van der Waals surface area contributed by atoms with E-state index in [0.717, 1.165) is 43.5 Å². The van der Waals surface area contributed by atoms with Gasteiger partial charge in [0, 0.05) is 32.7 Å². The van der Waals surface area contributed by atoms with Gasteiger partial charge in [-0.05, 0) is 43.7 Å². The Morgan fingerprint density at radius 2 is 1.70 bits per heavy atom. The maximum Gasteiger partial charge on any atom is 0.191 e. The van der Waals surface area contributed by atoms with E-state index in [-0.39, 0.29) is 24.0 Å². The third-order valence-corrected chi connectivity index (χ3v) is 4.97. The summed E-state index contributed by atoms with van der Waals surface area (Å²) < 4.78 is 10.7. The predicted octanol–water partition coefficient (Wildman–Crippen LogP) is 3.55. The Labute approximate surface area is 198 Å². The second-order valence-corrected chi connectivity index (χ2v) is 7.07. The van der Waals surface area contributed by atoms with Crippen LogP contribution in [0.4, 0.5) is 0 Å². The van der Waals surface area contributed by atoms with E-state index in [4.69, 9.17) is 9.47 Å². The van der Waals surface area contributed by atoms with Crippen molar-refractivity contribution >= 4 is 29.9 Å². The molecule has 30 heavy (non-hydrogen) atoms. The van der Waals surface area contributed by atoms with Crippen molar-refractivity contribution in [2.45, 2.75) is 25.9 Å². The molecule has 2 aromatic carbocycles. The Bertz CT molecular complexity index is 771. The van der Waals surface area contributed by atoms with Gasteiger partial charge in [-0.2, -0.15) is 0 Å². The molecule has 0 saturated heterocycles. The van der Waals surface area contributed by atoms with Crippen LogP contribution in [0, 0.1) is 0 Å². The van der Waals surface area contributed by atoms with Gasteiger partial charge in [-0.25, -0.2) is 0 Å². The Morgan fingerprint density at radius 1 is 1.00 bits per heavy atom. The zero-order valence-corrected chi connectivity index (χ0v) is 21.0. The van der Waals surface area contributed by atoms with Crippen LogP contribution in [0.1, 0.15) is 18.1 Å². The van der Waals surface area contributed by atoms with Gasteiger partial charge in [0.15, 0.2) is 17.5 Å². The second-order valence-electron chi connectivity index (χ2n) is 7.07. The minimum absolute atomic E-state index is 0. The standard InChI is InChI=1S/C23H34N4O2.HI/c1-18(27(3)17-20-9-7-6-8-10-20)16-26-23(24-2)25-14-13-19-11-12-21(28-4)22(15-19)29-5;/h6-12,15,18H,13-14,16-17H2,1-5H3,(H2,24,25,26);1H. The highest BCUT2D eigenvalue weighted by Gasteiger charge is 2.10. The number of rotatable bonds is 10. The molecule has 1 unspecified atom stereocenters. The van der Waals surface area contributed by atoms with Gasteiger partial charge in [0.2, 0.25) is 0 Å². The molecule has 0 amide bonds. The third kappa shape index (κ3) is 8.39. The Balaban J connectivity index is 0.00000450. The number of hydrogen-bond acceptors (Lipinski definition) is 4. The first-order valence-corrected chi connectivity index (χ1v) is 9.97. The smallest absolute Gasteiger partial charge is 0.191 e. The summed E-state index contributed by atoms with van der Waals surface area (Å²) in [4.78, 5) is 6.66. The Hall–Kier alpha value is -2.00. The highest BCUT2D eigenvalue weighted by molar-refractivity contribution is 14.0. The lowest BCUT2D eigenvalue weighted by molar-refractivity contribution is 0.249. The van der Waals surface area contributed by atoms with Crippen molar-refractivity contribution < 1.29 is 9.47 Å². The summed E-state index contributed by atoms with van der Waals surface area (Å²) in [5.41, 5.74) is 2.50. The van der Waals surface area contributed by atoms with Gasteiger partial charge < -0.3 is 20.1 Å². The summed E-state index contributed by atoms with van der Waals surface area (Å²) in [5.74, 6) is 2.31. The number of benzene rings is 2. The number of aliphatic imine (C=N–C) groups is 1. The average Bonchev–Trinajstić information content (AvgIpc) is 2.76. The molecule has 0 saturated carbocycles. The highest BCUT2D eigenvalue weighted by Crippen LogP contribution is 2.27. The zero-order chi connectivity index (χ0) is 21.1. The summed E-state index contributed by atoms with van der Waals surface area (Å²) in [6.07, 6.45) is 0.866. The van der Waals surface area contributed by atoms with Crippen LogP contribution in [0.15, 0.2) is 53.5 Å². The molecule has 6 nitrogen and oxygen atoms in total. The van der Waals surface area contributed by atoms with Gasteiger partial charge in [0.05, 0.1) is 14.2 Å². The van der Waals surface area contributed by atoms with Gasteiger partial charge in [-0.3, -0.25) is 9.89 Å². The molecule has 0 aliphatic carbocycles. The van der Waals surface area contributed by atoms with E-state index in [9.17, 15) is 0 Å². The number of guanidine groups is 1. The minimum Gasteiger partial charge on any atom is -0.493 e. The van der Waals surface area contributed by atoms with E-state index < -0.39 is 0 Å². The zero-order valence-electron chi connectivity index (χ0n) is 18.6. The molecule has 2 rings (SSSR count). The maximum atomic E-state index is 5.37. The van der Waals surface area contributed by atoms with Gasteiger partial charge in [0.25, 0.3) is 0 Å². The van der Waals surface area contributed by atoms with Crippen LogP contribution in [0.3, 0.4) is 0 Å². The Kier molecular flexibility index (Phi) is 12.2. The maximum absolute atomic E-state index is 5.37. The molecule has 0 spiro atoms. The van der Waals surface area contributed by atoms with E-state index in [1.165, 1.54) is 11.1 Å². The topological polar surface area (TPSA) is 58.1 Å². The van der Waals surface area contributed by atoms with Crippen molar-refractivity contribution in [2.75, 3.05) is 41.4 Å². The van der Waals surface area contributed by atoms with Gasteiger partial charge in [0.1, 0.15) is 0 Å². The molecule has 0 aliphatic rings. The SMILES string of the molecule is CN=C(NCCc1ccc(OC)c(OC)c1)NCC(C)N(C)Cc1ccccc1.I. The normalized spacial score (nSPS) is 12.1. The van der Waals surface area contributed by atoms with Crippen LogP contribution in [0.25, 0.3) is 0 Å². The minimum atomic E-state index is 0. The second kappa shape index (κ2) is 14.1. The van der Waals surface area contributed by atoms with Crippen molar-refractivity contribution in [3.05, 3.63) is 59.7 Å². The lowest BCUT2D eigenvalue weighted by atomic mass is 10.1. The largest absolute Gasteiger partial charge is 0.493 e. The Morgan fingerprint density at radius 3 is 2.33 bits per heavy atom. The van der Waals surface area contributed by atoms with Gasteiger partial charge >= 0.3 is 0 Å². The van der Waals surface area contributed by atoms with Gasteiger partial charge in [-0.1, -0.05) is 36.4 Å². The number of likely N-dealkylation sites (N-methyl/N-ethyl adjacent to an activating group) is 1. The average molecular weight is 526 g/mol. The summed E-state index contributed by atoms with van der Waals surface area (Å²) >= 11 is 0. The number of methoxy groups -OCH3 is 2. The van der Waals surface area contributed by atoms with Crippen LogP contribution < -0.4 is 20.1 Å². The fourth-order valence-electron chi connectivity index (χ4n) is 3.01. The molecule has 7 heteroatoms. The molecular formula is C23H35IN4O2. The van der Waals surface area contributed by atoms with Crippen LogP contribution in [0.5, 0.6) is 11.5 Å². The molecule has 2 N–H and O–H groups in total. The van der Waals surface area contributed by atoms with Crippen molar-refractivity contribution in [3.8, 4) is 11.5 Å². The van der Waals surface area contributed by atoms with E-state index in [1.807, 2.05) is 18.2 Å². The van der Waals surface area contributed by atoms with E-state index in [1.54, 1.807) is 21.3 Å². The van der Waals surface area contributed by atoms with Crippen molar-refractivity contribution in [1.82, 2.24) is 15.5 Å². The first kappa shape index (κ1) is 26.0. The van der Waals surface area contributed by atoms with Crippen LogP contribution >= 0.6 is 24.0 Å². The third-order valence-electron chi connectivity index (χ3n) is 4.97. The summed E-state index contributed by atoms with van der Waals surface area (Å²) in [6, 6.07) is 16.9. The van der Waals surface area contributed by atoms with Crippen molar-refractivity contribution in [3.63, 3.8) is 0 Å². The predicted molar refractivity (Wildman–Crippen MR) is 135 cm³/mol. The lowest BCUT2D eigenvalue weighted by Crippen LogP contribution is -2.45. The van der Waals surface area contributed by atoms with Crippen molar-refractivity contribution in [2.24, 2.45) is 4.99 Å². The number of nitrogens with zero attached hydrogens (tertiary/aromatic N) is 2. The van der Waals surface area contributed by atoms with E-state index in [0.29, 0.717) is 6.04 Å². The van der Waals surface area contributed by atoms with Crippen LogP contribution in [-0.2, 0) is 13.0 Å². The highest BCUT2D eigenvalue weighted by atomic mass is 127. The molecule has 0 bridgehead atoms. The molecule has 0 heterocycles. The summed E-state index contributed by atoms with van der Waals surface area (Å²) in [5, 5.41) is 6.79. The quantitative estimate of drug-likeness (QED) is 0.282. The monoisotopic (exact) mass is 526 g/mol. The first-order valence-electron chi connectivity index (χ1n) is 9.97. The molecule has 166 valence electrons. The fourth-order valence-corrected chi connectivity index (χ4v) is 3.01. The summed E-state index contributed by atoms with van der Waals surface area (Å²) in [7, 11) is 7.24. The van der Waals surface area contributed by atoms with E-state index >= 15 is 0 Å². The lowest BCUT2D eigenvalue weighted by Gasteiger charge is -2.25. The molecule has 2 aromatic rings. The fraction of sp³-hybridized carbons (Fsp3) is 0.435. The molecule has 0 radical (unpaired) electrons. The molecule has 0 fully saturated rings. The van der Waals surface area contributed by atoms with Crippen LogP contribution in [-0.4, -0.2) is 58.3 Å². The number of halogens is 1. The molecule has 1 atom stereocenters. The van der Waals surface area contributed by atoms with Crippen LogP contribution in [0.2, 0.25) is 0 Å².